The molecule has 1 aromatic rings. The van der Waals surface area contributed by atoms with Gasteiger partial charge in [-0.1, -0.05) is 26.0 Å². The summed E-state index contributed by atoms with van der Waals surface area (Å²) >= 11 is 4.01. The lowest BCUT2D eigenvalue weighted by atomic mass is 10.0. The molecule has 0 bridgehead atoms. The third-order valence-corrected chi connectivity index (χ3v) is 7.44. The van der Waals surface area contributed by atoms with E-state index in [-0.39, 0.29) is 18.6 Å². The summed E-state index contributed by atoms with van der Waals surface area (Å²) in [6.07, 6.45) is 2.11. The molecular weight excluding hydrogens is 352 g/mol. The number of carbonyl (C=O) groups is 1. The first-order valence-electron chi connectivity index (χ1n) is 8.93. The molecule has 2 N–H and O–H groups in total. The highest BCUT2D eigenvalue weighted by Gasteiger charge is 2.17. The van der Waals surface area contributed by atoms with Crippen molar-refractivity contribution in [3.63, 3.8) is 0 Å². The van der Waals surface area contributed by atoms with Gasteiger partial charge < -0.3 is 15.4 Å². The predicted molar refractivity (Wildman–Crippen MR) is 109 cm³/mol. The molecule has 1 unspecified atom stereocenters. The van der Waals surface area contributed by atoms with Crippen LogP contribution in [0.25, 0.3) is 0 Å². The molecule has 0 aromatic heterocycles. The summed E-state index contributed by atoms with van der Waals surface area (Å²) < 4.78 is 6.18. The Morgan fingerprint density at radius 1 is 1.28 bits per heavy atom. The summed E-state index contributed by atoms with van der Waals surface area (Å²) in [7, 11) is 1.80. The summed E-state index contributed by atoms with van der Waals surface area (Å²) in [6.45, 7) is 4.93. The Kier molecular flexibility index (Phi) is 8.46. The van der Waals surface area contributed by atoms with Crippen LogP contribution in [0.3, 0.4) is 0 Å². The number of hydrogen-bond acceptors (Lipinski definition) is 5. The van der Waals surface area contributed by atoms with Gasteiger partial charge in [0.25, 0.3) is 5.91 Å². The summed E-state index contributed by atoms with van der Waals surface area (Å²) in [5, 5.41) is 0. The van der Waals surface area contributed by atoms with E-state index in [1.54, 1.807) is 11.9 Å². The molecule has 1 atom stereocenters. The Labute approximate surface area is 160 Å². The highest BCUT2D eigenvalue weighted by atomic mass is 32.2. The van der Waals surface area contributed by atoms with Gasteiger partial charge in [-0.2, -0.15) is 0 Å². The van der Waals surface area contributed by atoms with Crippen molar-refractivity contribution in [3.8, 4) is 5.75 Å². The van der Waals surface area contributed by atoms with Crippen molar-refractivity contribution in [2.45, 2.75) is 37.3 Å². The van der Waals surface area contributed by atoms with Gasteiger partial charge in [0.15, 0.2) is 6.61 Å². The second kappa shape index (κ2) is 10.3. The van der Waals surface area contributed by atoms with Crippen molar-refractivity contribution >= 4 is 29.4 Å². The van der Waals surface area contributed by atoms with Crippen LogP contribution in [-0.2, 0) is 4.79 Å². The standard InChI is InChI=1S/C19H30N2O2S2/c1-14(2)17(20)9-10-21(3)18(22)13-23-16-7-5-15(6-8-16)19-24-11-4-12-25-19/h5-8,14,17,19H,4,9-13,20H2,1-3H3. The van der Waals surface area contributed by atoms with Gasteiger partial charge in [0.05, 0.1) is 4.58 Å². The van der Waals surface area contributed by atoms with Gasteiger partial charge in [-0.25, -0.2) is 0 Å². The van der Waals surface area contributed by atoms with E-state index in [1.165, 1.54) is 23.5 Å². The predicted octanol–water partition coefficient (Wildman–Crippen LogP) is 3.77. The Bertz CT molecular complexity index is 531. The fourth-order valence-electron chi connectivity index (χ4n) is 2.46. The zero-order valence-electron chi connectivity index (χ0n) is 15.4. The van der Waals surface area contributed by atoms with Crippen LogP contribution in [-0.4, -0.2) is 48.6 Å². The topological polar surface area (TPSA) is 55.6 Å². The molecule has 0 aliphatic carbocycles. The minimum absolute atomic E-state index is 0.0153. The molecule has 1 saturated heterocycles. The number of nitrogens with zero attached hydrogens (tertiary/aromatic N) is 1. The lowest BCUT2D eigenvalue weighted by Gasteiger charge is -2.22. The van der Waals surface area contributed by atoms with Gasteiger partial charge in [0.1, 0.15) is 5.75 Å². The second-order valence-electron chi connectivity index (χ2n) is 6.80. The molecule has 1 aromatic carbocycles. The molecule has 6 heteroatoms. The largest absolute Gasteiger partial charge is 0.484 e. The summed E-state index contributed by atoms with van der Waals surface area (Å²) in [6, 6.07) is 8.28. The van der Waals surface area contributed by atoms with Crippen LogP contribution in [0.4, 0.5) is 0 Å². The maximum atomic E-state index is 12.2. The van der Waals surface area contributed by atoms with Crippen molar-refractivity contribution in [2.75, 3.05) is 31.7 Å². The number of benzene rings is 1. The fraction of sp³-hybridized carbons (Fsp3) is 0.632. The van der Waals surface area contributed by atoms with Gasteiger partial charge >= 0.3 is 0 Å². The van der Waals surface area contributed by atoms with E-state index >= 15 is 0 Å². The molecular formula is C19H30N2O2S2. The van der Waals surface area contributed by atoms with Crippen molar-refractivity contribution in [1.82, 2.24) is 4.90 Å². The minimum Gasteiger partial charge on any atom is -0.484 e. The smallest absolute Gasteiger partial charge is 0.260 e. The second-order valence-corrected chi connectivity index (χ2v) is 9.52. The number of rotatable bonds is 8. The van der Waals surface area contributed by atoms with Crippen LogP contribution in [0.2, 0.25) is 0 Å². The van der Waals surface area contributed by atoms with E-state index in [4.69, 9.17) is 10.5 Å². The van der Waals surface area contributed by atoms with Gasteiger partial charge in [0.2, 0.25) is 0 Å². The molecule has 4 nitrogen and oxygen atoms in total. The molecule has 25 heavy (non-hydrogen) atoms. The molecule has 0 spiro atoms. The molecule has 1 aliphatic heterocycles. The van der Waals surface area contributed by atoms with Crippen molar-refractivity contribution in [2.24, 2.45) is 11.7 Å². The average molecular weight is 383 g/mol. The van der Waals surface area contributed by atoms with E-state index in [1.807, 2.05) is 35.7 Å². The van der Waals surface area contributed by atoms with E-state index in [0.717, 1.165) is 12.2 Å². The SMILES string of the molecule is CC(C)C(N)CCN(C)C(=O)COc1ccc(C2SCCCS2)cc1. The van der Waals surface area contributed by atoms with Crippen molar-refractivity contribution in [1.29, 1.82) is 0 Å². The Morgan fingerprint density at radius 2 is 1.92 bits per heavy atom. The van der Waals surface area contributed by atoms with Crippen molar-refractivity contribution in [3.05, 3.63) is 29.8 Å². The molecule has 1 aliphatic rings. The number of amides is 1. The maximum absolute atomic E-state index is 12.2. The third kappa shape index (κ3) is 6.76. The fourth-order valence-corrected chi connectivity index (χ4v) is 5.35. The first-order valence-corrected chi connectivity index (χ1v) is 11.0. The van der Waals surface area contributed by atoms with Crippen LogP contribution in [0, 0.1) is 5.92 Å². The molecule has 1 fully saturated rings. The van der Waals surface area contributed by atoms with Crippen LogP contribution < -0.4 is 10.5 Å². The Morgan fingerprint density at radius 3 is 2.52 bits per heavy atom. The summed E-state index contributed by atoms with van der Waals surface area (Å²) in [4.78, 5) is 13.9. The average Bonchev–Trinajstić information content (AvgIpc) is 2.64. The number of ether oxygens (including phenoxy) is 1. The van der Waals surface area contributed by atoms with Crippen LogP contribution in [0.1, 0.15) is 36.8 Å². The number of thioether (sulfide) groups is 2. The molecule has 1 amide bonds. The Balaban J connectivity index is 1.75. The van der Waals surface area contributed by atoms with Gasteiger partial charge in [-0.3, -0.25) is 4.79 Å². The van der Waals surface area contributed by atoms with Gasteiger partial charge in [-0.15, -0.1) is 23.5 Å². The number of likely N-dealkylation sites (N-methyl/N-ethyl adjacent to an activating group) is 1. The van der Waals surface area contributed by atoms with Gasteiger partial charge in [0, 0.05) is 19.6 Å². The molecule has 2 rings (SSSR count). The molecule has 0 radical (unpaired) electrons. The molecule has 1 heterocycles. The van der Waals surface area contributed by atoms with Crippen LogP contribution >= 0.6 is 23.5 Å². The normalized spacial score (nSPS) is 16.7. The van der Waals surface area contributed by atoms with E-state index < -0.39 is 0 Å². The number of carbonyl (C=O) groups excluding carboxylic acids is 1. The van der Waals surface area contributed by atoms with E-state index in [9.17, 15) is 4.79 Å². The van der Waals surface area contributed by atoms with E-state index in [0.29, 0.717) is 17.0 Å². The quantitative estimate of drug-likeness (QED) is 0.742. The third-order valence-electron chi connectivity index (χ3n) is 4.42. The minimum atomic E-state index is -0.0153. The maximum Gasteiger partial charge on any atom is 0.260 e. The van der Waals surface area contributed by atoms with E-state index in [2.05, 4.69) is 26.0 Å². The van der Waals surface area contributed by atoms with Crippen molar-refractivity contribution < 1.29 is 9.53 Å². The highest BCUT2D eigenvalue weighted by molar-refractivity contribution is 8.16. The lowest BCUT2D eigenvalue weighted by molar-refractivity contribution is -0.132. The molecule has 0 saturated carbocycles. The van der Waals surface area contributed by atoms with Crippen LogP contribution in [0.15, 0.2) is 24.3 Å². The lowest BCUT2D eigenvalue weighted by Crippen LogP contribution is -2.36. The first-order chi connectivity index (χ1) is 12.0. The Hall–Kier alpha value is -0.850. The first kappa shape index (κ1) is 20.5. The number of nitrogens with two attached hydrogens (primary N) is 1. The zero-order valence-corrected chi connectivity index (χ0v) is 17.1. The number of hydrogen-bond donors (Lipinski definition) is 1. The highest BCUT2D eigenvalue weighted by Crippen LogP contribution is 2.43. The van der Waals surface area contributed by atoms with Crippen LogP contribution in [0.5, 0.6) is 5.75 Å². The zero-order chi connectivity index (χ0) is 18.2. The molecule has 140 valence electrons. The summed E-state index contributed by atoms with van der Waals surface area (Å²) in [5.74, 6) is 3.63. The monoisotopic (exact) mass is 382 g/mol. The summed E-state index contributed by atoms with van der Waals surface area (Å²) in [5.41, 5.74) is 7.36. The van der Waals surface area contributed by atoms with Gasteiger partial charge in [-0.05, 0) is 48.0 Å².